The van der Waals surface area contributed by atoms with Gasteiger partial charge in [-0.1, -0.05) is 0 Å². The van der Waals surface area contributed by atoms with Crippen molar-refractivity contribution in [2.24, 2.45) is 0 Å². The molecule has 2 aromatic heterocycles. The summed E-state index contributed by atoms with van der Waals surface area (Å²) in [5.41, 5.74) is 1.29. The fourth-order valence-corrected chi connectivity index (χ4v) is 4.60. The van der Waals surface area contributed by atoms with Crippen LogP contribution in [0.15, 0.2) is 54.8 Å². The highest BCUT2D eigenvalue weighted by molar-refractivity contribution is 6.08. The predicted octanol–water partition coefficient (Wildman–Crippen LogP) is 4.43. The molecule has 4 rings (SSSR count). The van der Waals surface area contributed by atoms with E-state index >= 15 is 0 Å². The molecule has 0 aliphatic carbocycles. The van der Waals surface area contributed by atoms with E-state index in [-0.39, 0.29) is 60.3 Å². The molecule has 0 atom stereocenters. The third-order valence-electron chi connectivity index (χ3n) is 6.58. The molecule has 0 aliphatic rings. The van der Waals surface area contributed by atoms with Crippen LogP contribution in [-0.4, -0.2) is 64.4 Å². The number of ether oxygens (including phenoxy) is 5. The minimum Gasteiger partial charge on any atom is -0.490 e. The van der Waals surface area contributed by atoms with Crippen molar-refractivity contribution in [3.63, 3.8) is 0 Å². The van der Waals surface area contributed by atoms with Crippen LogP contribution in [0.3, 0.4) is 0 Å². The van der Waals surface area contributed by atoms with Crippen LogP contribution in [0, 0.1) is 13.8 Å². The number of ketones is 2. The molecule has 0 bridgehead atoms. The van der Waals surface area contributed by atoms with Crippen LogP contribution in [0.25, 0.3) is 21.9 Å². The van der Waals surface area contributed by atoms with Crippen molar-refractivity contribution in [1.82, 2.24) is 0 Å². The highest BCUT2D eigenvalue weighted by atomic mass is 16.6. The maximum absolute atomic E-state index is 12.3. The second-order valence-electron chi connectivity index (χ2n) is 9.77. The summed E-state index contributed by atoms with van der Waals surface area (Å²) in [5, 5.41) is 1.36. The Morgan fingerprint density at radius 1 is 0.581 bits per heavy atom. The molecule has 228 valence electrons. The number of aryl methyl sites for hydroxylation is 2. The van der Waals surface area contributed by atoms with E-state index in [1.165, 1.54) is 26.0 Å². The largest absolute Gasteiger partial charge is 0.490 e. The Morgan fingerprint density at radius 3 is 1.28 bits per heavy atom. The van der Waals surface area contributed by atoms with Crippen molar-refractivity contribution in [2.45, 2.75) is 27.7 Å². The molecule has 0 radical (unpaired) electrons. The number of fused-ring (bicyclic) bond motifs is 2. The summed E-state index contributed by atoms with van der Waals surface area (Å²) in [6.45, 7) is 8.65. The highest BCUT2D eigenvalue weighted by Gasteiger charge is 2.18. The van der Waals surface area contributed by atoms with Gasteiger partial charge in [-0.2, -0.15) is 0 Å². The second kappa shape index (κ2) is 14.7. The summed E-state index contributed by atoms with van der Waals surface area (Å²) < 4.78 is 38.6. The van der Waals surface area contributed by atoms with Crippen molar-refractivity contribution in [3.05, 3.63) is 79.5 Å². The number of carbonyl (C=O) groups excluding carboxylic acids is 2. The minimum absolute atomic E-state index is 0.194. The molecule has 0 N–H and O–H groups in total. The Bertz CT molecular complexity index is 1600. The zero-order valence-corrected chi connectivity index (χ0v) is 24.6. The van der Waals surface area contributed by atoms with E-state index < -0.39 is 11.3 Å². The lowest BCUT2D eigenvalue weighted by Crippen LogP contribution is -2.15. The van der Waals surface area contributed by atoms with Crippen LogP contribution < -0.4 is 20.7 Å². The van der Waals surface area contributed by atoms with Crippen molar-refractivity contribution in [1.29, 1.82) is 0 Å². The van der Waals surface area contributed by atoms with Crippen LogP contribution in [0.4, 0.5) is 0 Å². The van der Waals surface area contributed by atoms with Gasteiger partial charge in [0.05, 0.1) is 39.6 Å². The van der Waals surface area contributed by atoms with E-state index in [9.17, 15) is 19.2 Å². The van der Waals surface area contributed by atoms with Gasteiger partial charge in [0, 0.05) is 22.9 Å². The van der Waals surface area contributed by atoms with E-state index in [0.29, 0.717) is 48.7 Å². The van der Waals surface area contributed by atoms with E-state index in [1.807, 2.05) is 0 Å². The maximum Gasteiger partial charge on any atom is 0.336 e. The van der Waals surface area contributed by atoms with E-state index in [2.05, 4.69) is 0 Å². The molecule has 4 aromatic rings. The highest BCUT2D eigenvalue weighted by Crippen LogP contribution is 2.30. The van der Waals surface area contributed by atoms with Crippen LogP contribution in [-0.2, 0) is 14.2 Å². The van der Waals surface area contributed by atoms with Crippen molar-refractivity contribution >= 4 is 33.5 Å². The number of carbonyl (C=O) groups is 2. The summed E-state index contributed by atoms with van der Waals surface area (Å²) in [4.78, 5) is 48.1. The van der Waals surface area contributed by atoms with Crippen molar-refractivity contribution in [3.8, 4) is 11.5 Å². The summed E-state index contributed by atoms with van der Waals surface area (Å²) in [7, 11) is 0. The molecule has 0 saturated heterocycles. The molecule has 2 heterocycles. The zero-order valence-electron chi connectivity index (χ0n) is 24.6. The first-order chi connectivity index (χ1) is 20.7. The lowest BCUT2D eigenvalue weighted by atomic mass is 10.0. The Kier molecular flexibility index (Phi) is 10.8. The average Bonchev–Trinajstić information content (AvgIpc) is 2.94. The van der Waals surface area contributed by atoms with Crippen LogP contribution in [0.1, 0.15) is 45.7 Å². The predicted molar refractivity (Wildman–Crippen MR) is 158 cm³/mol. The van der Waals surface area contributed by atoms with Gasteiger partial charge in [0.1, 0.15) is 35.8 Å². The van der Waals surface area contributed by atoms with E-state index in [1.54, 1.807) is 38.1 Å². The molecule has 11 nitrogen and oxygen atoms in total. The smallest absolute Gasteiger partial charge is 0.336 e. The standard InChI is InChI=1S/C32H34O11/c1-19-17-27(35)42-31-23(19)5-7-25(29(31)21(3)33)40-15-13-38-11-9-37-10-12-39-14-16-41-26-8-6-24-20(2)18-28(36)43-32(24)30(26)22(4)34/h5-8,17-18H,9-16H2,1-4H3. The van der Waals surface area contributed by atoms with Crippen LogP contribution in [0.5, 0.6) is 11.5 Å². The number of Topliss-reactive ketones (excluding diaryl/α,β-unsaturated/α-hetero) is 2. The third-order valence-corrected chi connectivity index (χ3v) is 6.58. The molecule has 11 heteroatoms. The lowest BCUT2D eigenvalue weighted by Gasteiger charge is -2.13. The van der Waals surface area contributed by atoms with Gasteiger partial charge in [-0.25, -0.2) is 9.59 Å². The van der Waals surface area contributed by atoms with Gasteiger partial charge in [-0.05, 0) is 63.1 Å². The summed E-state index contributed by atoms with van der Waals surface area (Å²) >= 11 is 0. The maximum atomic E-state index is 12.3. The number of hydrogen-bond acceptors (Lipinski definition) is 11. The van der Waals surface area contributed by atoms with Crippen LogP contribution in [0.2, 0.25) is 0 Å². The van der Waals surface area contributed by atoms with Crippen molar-refractivity contribution in [2.75, 3.05) is 52.9 Å². The molecule has 0 unspecified atom stereocenters. The molecule has 0 aliphatic heterocycles. The van der Waals surface area contributed by atoms with Gasteiger partial charge in [0.2, 0.25) is 0 Å². The Labute approximate surface area is 247 Å². The van der Waals surface area contributed by atoms with Crippen molar-refractivity contribution < 1.29 is 42.1 Å². The Balaban J connectivity index is 1.11. The summed E-state index contributed by atoms with van der Waals surface area (Å²) in [5.74, 6) is 0.123. The van der Waals surface area contributed by atoms with Gasteiger partial charge in [0.15, 0.2) is 22.7 Å². The third kappa shape index (κ3) is 7.95. The molecular formula is C32H34O11. The average molecular weight is 595 g/mol. The summed E-state index contributed by atoms with van der Waals surface area (Å²) in [6, 6.07) is 9.65. The first-order valence-electron chi connectivity index (χ1n) is 13.8. The quantitative estimate of drug-likeness (QED) is 0.103. The summed E-state index contributed by atoms with van der Waals surface area (Å²) in [6.07, 6.45) is 0. The first-order valence-corrected chi connectivity index (χ1v) is 13.8. The molecule has 2 aromatic carbocycles. The van der Waals surface area contributed by atoms with Gasteiger partial charge >= 0.3 is 11.3 Å². The minimum atomic E-state index is -0.525. The second-order valence-corrected chi connectivity index (χ2v) is 9.77. The van der Waals surface area contributed by atoms with E-state index in [4.69, 9.17) is 32.5 Å². The normalized spacial score (nSPS) is 11.3. The number of benzene rings is 2. The van der Waals surface area contributed by atoms with E-state index in [0.717, 1.165) is 11.1 Å². The first kappa shape index (κ1) is 31.6. The molecule has 0 spiro atoms. The molecule has 43 heavy (non-hydrogen) atoms. The molecule has 0 saturated carbocycles. The Morgan fingerprint density at radius 2 is 0.930 bits per heavy atom. The molecule has 0 fully saturated rings. The molecular weight excluding hydrogens is 560 g/mol. The fraction of sp³-hybridized carbons (Fsp3) is 0.375. The van der Waals surface area contributed by atoms with Gasteiger partial charge in [-0.3, -0.25) is 9.59 Å². The van der Waals surface area contributed by atoms with Gasteiger partial charge in [-0.15, -0.1) is 0 Å². The Hall–Kier alpha value is -4.32. The fourth-order valence-electron chi connectivity index (χ4n) is 4.60. The lowest BCUT2D eigenvalue weighted by molar-refractivity contribution is 0.00493. The molecule has 0 amide bonds. The van der Waals surface area contributed by atoms with Gasteiger partial charge in [0.25, 0.3) is 0 Å². The number of hydrogen-bond donors (Lipinski definition) is 0. The van der Waals surface area contributed by atoms with Gasteiger partial charge < -0.3 is 32.5 Å². The topological polar surface area (TPSA) is 141 Å². The van der Waals surface area contributed by atoms with Crippen LogP contribution >= 0.6 is 0 Å². The monoisotopic (exact) mass is 594 g/mol. The number of rotatable bonds is 16. The SMILES string of the molecule is CC(=O)c1c(OCCOCCOCCOCCOc2ccc3c(C)cc(=O)oc3c2C(C)=O)ccc2c(C)cc(=O)oc12. The zero-order chi connectivity index (χ0) is 30.9.